The summed E-state index contributed by atoms with van der Waals surface area (Å²) < 4.78 is 11.4. The van der Waals surface area contributed by atoms with Gasteiger partial charge in [0.05, 0.1) is 18.8 Å². The van der Waals surface area contributed by atoms with E-state index in [2.05, 4.69) is 36.4 Å². The Morgan fingerprint density at radius 2 is 1.71 bits per heavy atom. The van der Waals surface area contributed by atoms with Crippen LogP contribution in [0.25, 0.3) is 11.1 Å². The molecule has 0 amide bonds. The van der Waals surface area contributed by atoms with Crippen molar-refractivity contribution in [3.63, 3.8) is 0 Å². The zero-order valence-corrected chi connectivity index (χ0v) is 14.5. The maximum Gasteiger partial charge on any atom is 0.160 e. The minimum Gasteiger partial charge on any atom is -0.389 e. The molecule has 1 aliphatic rings. The average Bonchev–Trinajstić information content (AvgIpc) is 2.59. The summed E-state index contributed by atoms with van der Waals surface area (Å²) in [5, 5.41) is 9.78. The first-order chi connectivity index (χ1) is 11.1. The number of benzene rings is 2. The quantitative estimate of drug-likeness (QED) is 0.890. The largest absolute Gasteiger partial charge is 0.389 e. The van der Waals surface area contributed by atoms with E-state index >= 15 is 0 Å². The molecule has 1 saturated heterocycles. The molecule has 4 atom stereocenters. The normalized spacial score (nSPS) is 26.6. The molecule has 0 bridgehead atoms. The number of hydrogen-bond donors (Lipinski definition) is 2. The number of ether oxygens (including phenoxy) is 2. The van der Waals surface area contributed by atoms with Crippen molar-refractivity contribution in [1.29, 1.82) is 0 Å². The van der Waals surface area contributed by atoms with E-state index in [1.54, 1.807) is 0 Å². The highest BCUT2D eigenvalue weighted by Crippen LogP contribution is 2.22. The summed E-state index contributed by atoms with van der Waals surface area (Å²) in [4.78, 5) is 0. The molecule has 1 fully saturated rings. The van der Waals surface area contributed by atoms with E-state index in [9.17, 15) is 5.11 Å². The molecule has 1 aliphatic heterocycles. The number of rotatable bonds is 4. The average molecular weight is 350 g/mol. The zero-order valence-electron chi connectivity index (χ0n) is 13.7. The molecule has 24 heavy (non-hydrogen) atoms. The summed E-state index contributed by atoms with van der Waals surface area (Å²) >= 11 is 0. The third-order valence-corrected chi connectivity index (χ3v) is 4.25. The monoisotopic (exact) mass is 349 g/mol. The number of halogens is 1. The van der Waals surface area contributed by atoms with E-state index in [0.717, 1.165) is 5.56 Å². The molecular formula is C19H24ClNO3. The van der Waals surface area contributed by atoms with Crippen LogP contribution in [0.3, 0.4) is 0 Å². The minimum absolute atomic E-state index is 0. The van der Waals surface area contributed by atoms with Gasteiger partial charge in [0.1, 0.15) is 0 Å². The first kappa shape index (κ1) is 18.9. The molecule has 130 valence electrons. The second-order valence-corrected chi connectivity index (χ2v) is 6.03. The first-order valence-corrected chi connectivity index (χ1v) is 7.98. The zero-order chi connectivity index (χ0) is 16.2. The molecule has 2 aromatic rings. The Bertz CT molecular complexity index is 608. The number of aliphatic hydroxyl groups is 1. The Labute approximate surface area is 149 Å². The molecule has 4 unspecified atom stereocenters. The Balaban J connectivity index is 0.00000208. The lowest BCUT2D eigenvalue weighted by atomic mass is 10.0. The van der Waals surface area contributed by atoms with Gasteiger partial charge in [-0.1, -0.05) is 54.6 Å². The van der Waals surface area contributed by atoms with Crippen LogP contribution in [-0.2, 0) is 16.1 Å². The summed E-state index contributed by atoms with van der Waals surface area (Å²) in [6.07, 6.45) is -0.783. The Kier molecular flexibility index (Phi) is 6.78. The minimum atomic E-state index is -0.625. The SMILES string of the molecule is CC1OC(OCc2ccc(-c3ccccc3)cc2)CC(N)C1O.Cl. The van der Waals surface area contributed by atoms with Gasteiger partial charge in [-0.05, 0) is 23.6 Å². The fraction of sp³-hybridized carbons (Fsp3) is 0.368. The number of aliphatic hydroxyl groups excluding tert-OH is 1. The maximum atomic E-state index is 9.78. The lowest BCUT2D eigenvalue weighted by Gasteiger charge is -2.35. The van der Waals surface area contributed by atoms with Gasteiger partial charge >= 0.3 is 0 Å². The second-order valence-electron chi connectivity index (χ2n) is 6.03. The fourth-order valence-corrected chi connectivity index (χ4v) is 2.81. The lowest BCUT2D eigenvalue weighted by molar-refractivity contribution is -0.226. The summed E-state index contributed by atoms with van der Waals surface area (Å²) in [6.45, 7) is 2.28. The van der Waals surface area contributed by atoms with Crippen LogP contribution in [-0.4, -0.2) is 29.6 Å². The topological polar surface area (TPSA) is 64.7 Å². The van der Waals surface area contributed by atoms with Crippen molar-refractivity contribution in [1.82, 2.24) is 0 Å². The highest BCUT2D eigenvalue weighted by Gasteiger charge is 2.33. The predicted octanol–water partition coefficient (Wildman–Crippen LogP) is 3.12. The van der Waals surface area contributed by atoms with Crippen LogP contribution in [0.5, 0.6) is 0 Å². The van der Waals surface area contributed by atoms with Crippen LogP contribution in [0.15, 0.2) is 54.6 Å². The Morgan fingerprint density at radius 1 is 1.08 bits per heavy atom. The fourth-order valence-electron chi connectivity index (χ4n) is 2.81. The number of hydrogen-bond acceptors (Lipinski definition) is 4. The van der Waals surface area contributed by atoms with Gasteiger partial charge in [-0.3, -0.25) is 0 Å². The summed E-state index contributed by atoms with van der Waals surface area (Å²) in [5.41, 5.74) is 9.37. The van der Waals surface area contributed by atoms with Crippen molar-refractivity contribution in [2.75, 3.05) is 0 Å². The van der Waals surface area contributed by atoms with E-state index in [1.807, 2.05) is 25.1 Å². The van der Waals surface area contributed by atoms with Crippen molar-refractivity contribution in [2.45, 2.75) is 44.5 Å². The van der Waals surface area contributed by atoms with Crippen LogP contribution in [0.1, 0.15) is 18.9 Å². The molecule has 3 N–H and O–H groups in total. The van der Waals surface area contributed by atoms with Gasteiger partial charge in [0.2, 0.25) is 0 Å². The lowest BCUT2D eigenvalue weighted by Crippen LogP contribution is -2.51. The molecular weight excluding hydrogens is 326 g/mol. The predicted molar refractivity (Wildman–Crippen MR) is 96.8 cm³/mol. The Morgan fingerprint density at radius 3 is 2.33 bits per heavy atom. The Hall–Kier alpha value is -1.43. The van der Waals surface area contributed by atoms with Crippen LogP contribution in [0.2, 0.25) is 0 Å². The standard InChI is InChI=1S/C19H23NO3.ClH/c1-13-19(21)17(20)11-18(23-13)22-12-14-7-9-16(10-8-14)15-5-3-2-4-6-15;/h2-10,13,17-19,21H,11-12,20H2,1H3;1H. The molecule has 0 spiro atoms. The van der Waals surface area contributed by atoms with Gasteiger partial charge in [-0.15, -0.1) is 12.4 Å². The van der Waals surface area contributed by atoms with Crippen molar-refractivity contribution in [3.8, 4) is 11.1 Å². The summed E-state index contributed by atoms with van der Waals surface area (Å²) in [6, 6.07) is 18.3. The van der Waals surface area contributed by atoms with Crippen molar-refractivity contribution >= 4 is 12.4 Å². The molecule has 5 heteroatoms. The van der Waals surface area contributed by atoms with Crippen LogP contribution < -0.4 is 5.73 Å². The molecule has 3 rings (SSSR count). The van der Waals surface area contributed by atoms with E-state index in [0.29, 0.717) is 13.0 Å². The molecule has 0 aromatic heterocycles. The molecule has 2 aromatic carbocycles. The van der Waals surface area contributed by atoms with Crippen LogP contribution in [0, 0.1) is 0 Å². The third-order valence-electron chi connectivity index (χ3n) is 4.25. The summed E-state index contributed by atoms with van der Waals surface area (Å²) in [5.74, 6) is 0. The van der Waals surface area contributed by atoms with Gasteiger partial charge in [0.15, 0.2) is 6.29 Å². The summed E-state index contributed by atoms with van der Waals surface area (Å²) in [7, 11) is 0. The van der Waals surface area contributed by atoms with Gasteiger partial charge in [-0.2, -0.15) is 0 Å². The molecule has 0 aliphatic carbocycles. The molecule has 0 radical (unpaired) electrons. The van der Waals surface area contributed by atoms with Crippen LogP contribution in [0.4, 0.5) is 0 Å². The highest BCUT2D eigenvalue weighted by atomic mass is 35.5. The molecule has 0 saturated carbocycles. The van der Waals surface area contributed by atoms with E-state index in [4.69, 9.17) is 15.2 Å². The van der Waals surface area contributed by atoms with Crippen LogP contribution >= 0.6 is 12.4 Å². The smallest absolute Gasteiger partial charge is 0.160 e. The second kappa shape index (κ2) is 8.60. The van der Waals surface area contributed by atoms with Gasteiger partial charge in [0, 0.05) is 12.5 Å². The number of nitrogens with two attached hydrogens (primary N) is 1. The highest BCUT2D eigenvalue weighted by molar-refractivity contribution is 5.85. The maximum absolute atomic E-state index is 9.78. The van der Waals surface area contributed by atoms with Gasteiger partial charge < -0.3 is 20.3 Å². The van der Waals surface area contributed by atoms with Crippen molar-refractivity contribution in [2.24, 2.45) is 5.73 Å². The van der Waals surface area contributed by atoms with Crippen molar-refractivity contribution < 1.29 is 14.6 Å². The van der Waals surface area contributed by atoms with E-state index in [1.165, 1.54) is 11.1 Å². The third kappa shape index (κ3) is 4.56. The van der Waals surface area contributed by atoms with Gasteiger partial charge in [-0.25, -0.2) is 0 Å². The van der Waals surface area contributed by atoms with Gasteiger partial charge in [0.25, 0.3) is 0 Å². The molecule has 1 heterocycles. The van der Waals surface area contributed by atoms with E-state index < -0.39 is 6.10 Å². The van der Waals surface area contributed by atoms with E-state index in [-0.39, 0.29) is 30.8 Å². The van der Waals surface area contributed by atoms with Crippen molar-refractivity contribution in [3.05, 3.63) is 60.2 Å². The first-order valence-electron chi connectivity index (χ1n) is 7.98. The molecule has 4 nitrogen and oxygen atoms in total.